The van der Waals surface area contributed by atoms with Crippen molar-refractivity contribution in [3.8, 4) is 0 Å². The Bertz CT molecular complexity index is 368. The zero-order valence-corrected chi connectivity index (χ0v) is 12.1. The van der Waals surface area contributed by atoms with Crippen molar-refractivity contribution in [3.63, 3.8) is 0 Å². The van der Waals surface area contributed by atoms with Gasteiger partial charge in [0.05, 0.1) is 12.7 Å². The molecule has 1 aliphatic heterocycles. The van der Waals surface area contributed by atoms with Gasteiger partial charge in [0, 0.05) is 25.7 Å². The maximum Gasteiger partial charge on any atom is 0.0700 e. The minimum Gasteiger partial charge on any atom is -0.376 e. The molecule has 3 nitrogen and oxygen atoms in total. The number of ether oxygens (including phenoxy) is 1. The number of hydrogen-bond donors (Lipinski definition) is 1. The Morgan fingerprint density at radius 3 is 2.79 bits per heavy atom. The molecule has 1 aromatic rings. The van der Waals surface area contributed by atoms with Crippen LogP contribution in [0.3, 0.4) is 0 Å². The lowest BCUT2D eigenvalue weighted by atomic mass is 9.94. The molecule has 0 radical (unpaired) electrons. The normalized spacial score (nSPS) is 24.1. The Balaban J connectivity index is 1.88. The van der Waals surface area contributed by atoms with E-state index in [0.29, 0.717) is 12.0 Å². The highest BCUT2D eigenvalue weighted by molar-refractivity contribution is 5.19. The summed E-state index contributed by atoms with van der Waals surface area (Å²) in [5.41, 5.74) is 7.60. The van der Waals surface area contributed by atoms with Crippen LogP contribution in [0.1, 0.15) is 31.9 Å². The van der Waals surface area contributed by atoms with Gasteiger partial charge in [-0.1, -0.05) is 44.2 Å². The van der Waals surface area contributed by atoms with Gasteiger partial charge in [-0.15, -0.1) is 0 Å². The predicted molar refractivity (Wildman–Crippen MR) is 79.0 cm³/mol. The number of rotatable bonds is 5. The number of nitrogens with two attached hydrogens (primary N) is 1. The van der Waals surface area contributed by atoms with E-state index in [1.807, 2.05) is 6.07 Å². The minimum atomic E-state index is 0.115. The van der Waals surface area contributed by atoms with Crippen LogP contribution < -0.4 is 5.73 Å². The van der Waals surface area contributed by atoms with E-state index in [-0.39, 0.29) is 6.04 Å². The molecule has 0 spiro atoms. The number of morpholine rings is 1. The van der Waals surface area contributed by atoms with Crippen LogP contribution in [0.15, 0.2) is 30.3 Å². The highest BCUT2D eigenvalue weighted by atomic mass is 16.5. The third kappa shape index (κ3) is 4.03. The molecule has 0 saturated carbocycles. The van der Waals surface area contributed by atoms with Crippen molar-refractivity contribution in [2.75, 3.05) is 26.2 Å². The average molecular weight is 262 g/mol. The fraction of sp³-hybridized carbons (Fsp3) is 0.625. The highest BCUT2D eigenvalue weighted by Gasteiger charge is 2.23. The van der Waals surface area contributed by atoms with Crippen LogP contribution in [0.4, 0.5) is 0 Å². The van der Waals surface area contributed by atoms with E-state index < -0.39 is 0 Å². The molecule has 19 heavy (non-hydrogen) atoms. The molecule has 1 fully saturated rings. The first kappa shape index (κ1) is 14.5. The number of benzene rings is 1. The molecule has 3 unspecified atom stereocenters. The third-order valence-electron chi connectivity index (χ3n) is 4.02. The molecule has 3 atom stereocenters. The van der Waals surface area contributed by atoms with E-state index in [0.717, 1.165) is 32.7 Å². The summed E-state index contributed by atoms with van der Waals surface area (Å²) < 4.78 is 5.71. The van der Waals surface area contributed by atoms with Gasteiger partial charge in [0.15, 0.2) is 0 Å². The van der Waals surface area contributed by atoms with Crippen LogP contribution in [0.25, 0.3) is 0 Å². The van der Waals surface area contributed by atoms with Crippen LogP contribution in [0, 0.1) is 5.92 Å². The van der Waals surface area contributed by atoms with E-state index in [2.05, 4.69) is 43.0 Å². The maximum absolute atomic E-state index is 6.36. The van der Waals surface area contributed by atoms with Crippen molar-refractivity contribution >= 4 is 0 Å². The summed E-state index contributed by atoms with van der Waals surface area (Å²) in [6.45, 7) is 8.41. The number of nitrogens with zero attached hydrogens (tertiary/aromatic N) is 1. The van der Waals surface area contributed by atoms with E-state index in [9.17, 15) is 0 Å². The van der Waals surface area contributed by atoms with Crippen molar-refractivity contribution < 1.29 is 4.74 Å². The monoisotopic (exact) mass is 262 g/mol. The standard InChI is InChI=1S/C16H26N2O/c1-3-15-12-18(9-10-19-15)11-13(2)16(17)14-7-5-4-6-8-14/h4-8,13,15-16H,3,9-12,17H2,1-2H3. The zero-order valence-electron chi connectivity index (χ0n) is 12.1. The third-order valence-corrected chi connectivity index (χ3v) is 4.02. The Kier molecular flexibility index (Phi) is 5.37. The van der Waals surface area contributed by atoms with Gasteiger partial charge in [-0.05, 0) is 17.9 Å². The van der Waals surface area contributed by atoms with Gasteiger partial charge >= 0.3 is 0 Å². The molecule has 0 aliphatic carbocycles. The van der Waals surface area contributed by atoms with Crippen molar-refractivity contribution in [3.05, 3.63) is 35.9 Å². The molecule has 2 rings (SSSR count). The van der Waals surface area contributed by atoms with Crippen LogP contribution in [0.5, 0.6) is 0 Å². The second-order valence-corrected chi connectivity index (χ2v) is 5.57. The molecule has 0 aromatic heterocycles. The van der Waals surface area contributed by atoms with Gasteiger partial charge in [0.25, 0.3) is 0 Å². The van der Waals surface area contributed by atoms with Gasteiger partial charge in [-0.25, -0.2) is 0 Å². The minimum absolute atomic E-state index is 0.115. The summed E-state index contributed by atoms with van der Waals surface area (Å²) >= 11 is 0. The molecule has 2 N–H and O–H groups in total. The van der Waals surface area contributed by atoms with Crippen LogP contribution in [-0.2, 0) is 4.74 Å². The summed E-state index contributed by atoms with van der Waals surface area (Å²) in [7, 11) is 0. The van der Waals surface area contributed by atoms with E-state index in [1.54, 1.807) is 0 Å². The Labute approximate surface area is 116 Å². The van der Waals surface area contributed by atoms with Gasteiger partial charge in [0.1, 0.15) is 0 Å². The quantitative estimate of drug-likeness (QED) is 0.885. The van der Waals surface area contributed by atoms with Crippen LogP contribution in [-0.4, -0.2) is 37.2 Å². The first-order valence-corrected chi connectivity index (χ1v) is 7.35. The van der Waals surface area contributed by atoms with E-state index in [1.165, 1.54) is 5.56 Å². The fourth-order valence-electron chi connectivity index (χ4n) is 2.72. The lowest BCUT2D eigenvalue weighted by molar-refractivity contribution is -0.0343. The Morgan fingerprint density at radius 1 is 1.37 bits per heavy atom. The largest absolute Gasteiger partial charge is 0.376 e. The topological polar surface area (TPSA) is 38.5 Å². The smallest absolute Gasteiger partial charge is 0.0700 e. The lowest BCUT2D eigenvalue weighted by Gasteiger charge is -2.35. The Hall–Kier alpha value is -0.900. The lowest BCUT2D eigenvalue weighted by Crippen LogP contribution is -2.45. The zero-order chi connectivity index (χ0) is 13.7. The van der Waals surface area contributed by atoms with Crippen molar-refractivity contribution in [1.82, 2.24) is 4.90 Å². The van der Waals surface area contributed by atoms with E-state index in [4.69, 9.17) is 10.5 Å². The highest BCUT2D eigenvalue weighted by Crippen LogP contribution is 2.21. The van der Waals surface area contributed by atoms with Gasteiger partial charge in [-0.2, -0.15) is 0 Å². The van der Waals surface area contributed by atoms with Crippen LogP contribution >= 0.6 is 0 Å². The molecule has 0 amide bonds. The molecule has 1 aliphatic rings. The van der Waals surface area contributed by atoms with Gasteiger partial charge in [-0.3, -0.25) is 4.90 Å². The molecule has 106 valence electrons. The summed E-state index contributed by atoms with van der Waals surface area (Å²) in [6.07, 6.45) is 1.49. The summed E-state index contributed by atoms with van der Waals surface area (Å²) in [5.74, 6) is 0.456. The summed E-state index contributed by atoms with van der Waals surface area (Å²) in [6, 6.07) is 10.5. The fourth-order valence-corrected chi connectivity index (χ4v) is 2.72. The first-order chi connectivity index (χ1) is 9.20. The average Bonchev–Trinajstić information content (AvgIpc) is 2.47. The summed E-state index contributed by atoms with van der Waals surface area (Å²) in [4.78, 5) is 2.49. The van der Waals surface area contributed by atoms with Crippen molar-refractivity contribution in [2.24, 2.45) is 11.7 Å². The maximum atomic E-state index is 6.36. The molecular weight excluding hydrogens is 236 g/mol. The summed E-state index contributed by atoms with van der Waals surface area (Å²) in [5, 5.41) is 0. The molecule has 1 aromatic carbocycles. The predicted octanol–water partition coefficient (Wildman–Crippen LogP) is 2.43. The first-order valence-electron chi connectivity index (χ1n) is 7.35. The molecule has 0 bridgehead atoms. The molecule has 1 saturated heterocycles. The van der Waals surface area contributed by atoms with Crippen LogP contribution in [0.2, 0.25) is 0 Å². The van der Waals surface area contributed by atoms with Gasteiger partial charge in [0.2, 0.25) is 0 Å². The number of hydrogen-bond acceptors (Lipinski definition) is 3. The molecule has 1 heterocycles. The van der Waals surface area contributed by atoms with Crippen molar-refractivity contribution in [2.45, 2.75) is 32.4 Å². The SMILES string of the molecule is CCC1CN(CC(C)C(N)c2ccccc2)CCO1. The van der Waals surface area contributed by atoms with Gasteiger partial charge < -0.3 is 10.5 Å². The second-order valence-electron chi connectivity index (χ2n) is 5.57. The molecule has 3 heteroatoms. The Morgan fingerprint density at radius 2 is 2.11 bits per heavy atom. The molecular formula is C16H26N2O. The van der Waals surface area contributed by atoms with Crippen molar-refractivity contribution in [1.29, 1.82) is 0 Å². The second kappa shape index (κ2) is 7.04. The van der Waals surface area contributed by atoms with E-state index >= 15 is 0 Å².